The number of nitrogens with one attached hydrogen (secondary N) is 1. The van der Waals surface area contributed by atoms with E-state index in [9.17, 15) is 4.79 Å². The van der Waals surface area contributed by atoms with Gasteiger partial charge in [0.25, 0.3) is 0 Å². The topological polar surface area (TPSA) is 55.1 Å². The van der Waals surface area contributed by atoms with Crippen molar-refractivity contribution in [3.8, 4) is 0 Å². The van der Waals surface area contributed by atoms with Gasteiger partial charge in [0.05, 0.1) is 0 Å². The number of rotatable bonds is 6. The second-order valence-corrected chi connectivity index (χ2v) is 5.27. The van der Waals surface area contributed by atoms with Crippen molar-refractivity contribution < 1.29 is 4.79 Å². The van der Waals surface area contributed by atoms with Crippen LogP contribution in [0.15, 0.2) is 24.3 Å². The van der Waals surface area contributed by atoms with Crippen molar-refractivity contribution in [1.29, 1.82) is 0 Å². The van der Waals surface area contributed by atoms with Crippen LogP contribution >= 0.6 is 11.6 Å². The van der Waals surface area contributed by atoms with Gasteiger partial charge in [-0.25, -0.2) is 0 Å². The smallest absolute Gasteiger partial charge is 0.221 e. The molecule has 1 atom stereocenters. The molecule has 0 aromatic heterocycles. The number of halogens is 1. The fourth-order valence-corrected chi connectivity index (χ4v) is 1.65. The predicted octanol–water partition coefficient (Wildman–Crippen LogP) is 2.37. The van der Waals surface area contributed by atoms with Crippen LogP contribution in [0.3, 0.4) is 0 Å². The lowest BCUT2D eigenvalue weighted by atomic mass is 10.0. The molecule has 0 spiro atoms. The molecule has 1 rings (SSSR count). The minimum atomic E-state index is -0.0690. The molecule has 4 heteroatoms. The van der Waals surface area contributed by atoms with Crippen molar-refractivity contribution >= 4 is 17.5 Å². The zero-order chi connectivity index (χ0) is 13.5. The molecule has 1 amide bonds. The molecule has 0 saturated carbocycles. The standard InChI is InChI=1S/C14H21ClN2O/c1-10(2)13(16)9-14(18)17-8-7-11-3-5-12(15)6-4-11/h3-6,10,13H,7-9,16H2,1-2H3,(H,17,18). The van der Waals surface area contributed by atoms with E-state index >= 15 is 0 Å². The van der Waals surface area contributed by atoms with Gasteiger partial charge in [0.15, 0.2) is 0 Å². The summed E-state index contributed by atoms with van der Waals surface area (Å²) in [6.45, 7) is 4.67. The van der Waals surface area contributed by atoms with E-state index < -0.39 is 0 Å². The number of carbonyl (C=O) groups excluding carboxylic acids is 1. The molecule has 0 fully saturated rings. The molecule has 0 aliphatic heterocycles. The maximum atomic E-state index is 11.6. The van der Waals surface area contributed by atoms with Crippen LogP contribution in [-0.4, -0.2) is 18.5 Å². The highest BCUT2D eigenvalue weighted by atomic mass is 35.5. The lowest BCUT2D eigenvalue weighted by Crippen LogP contribution is -2.35. The van der Waals surface area contributed by atoms with Gasteiger partial charge in [-0.15, -0.1) is 0 Å². The van der Waals surface area contributed by atoms with E-state index in [1.54, 1.807) is 0 Å². The van der Waals surface area contributed by atoms with Gasteiger partial charge in [0.2, 0.25) is 5.91 Å². The molecule has 0 saturated heterocycles. The third kappa shape index (κ3) is 5.52. The Morgan fingerprint density at radius 1 is 1.33 bits per heavy atom. The average Bonchev–Trinajstić information content (AvgIpc) is 2.31. The van der Waals surface area contributed by atoms with Gasteiger partial charge in [-0.1, -0.05) is 37.6 Å². The van der Waals surface area contributed by atoms with E-state index in [-0.39, 0.29) is 11.9 Å². The molecule has 0 aliphatic rings. The molecular formula is C14H21ClN2O. The Kier molecular flexibility index (Phi) is 6.16. The number of hydrogen-bond acceptors (Lipinski definition) is 2. The molecule has 0 heterocycles. The summed E-state index contributed by atoms with van der Waals surface area (Å²) in [7, 11) is 0. The quantitative estimate of drug-likeness (QED) is 0.832. The molecule has 100 valence electrons. The number of nitrogens with two attached hydrogens (primary N) is 1. The Balaban J connectivity index is 2.25. The summed E-state index contributed by atoms with van der Waals surface area (Å²) in [5.41, 5.74) is 7.00. The summed E-state index contributed by atoms with van der Waals surface area (Å²) in [6, 6.07) is 7.57. The molecule has 0 radical (unpaired) electrons. The van der Waals surface area contributed by atoms with Gasteiger partial charge >= 0.3 is 0 Å². The van der Waals surface area contributed by atoms with Crippen molar-refractivity contribution in [2.45, 2.75) is 32.7 Å². The second-order valence-electron chi connectivity index (χ2n) is 4.84. The molecule has 1 aromatic rings. The number of hydrogen-bond donors (Lipinski definition) is 2. The van der Waals surface area contributed by atoms with E-state index in [0.717, 1.165) is 17.0 Å². The van der Waals surface area contributed by atoms with E-state index in [0.29, 0.717) is 18.9 Å². The lowest BCUT2D eigenvalue weighted by molar-refractivity contribution is -0.121. The van der Waals surface area contributed by atoms with Crippen LogP contribution in [0.2, 0.25) is 5.02 Å². The molecule has 3 N–H and O–H groups in total. The summed E-state index contributed by atoms with van der Waals surface area (Å²) in [6.07, 6.45) is 1.19. The van der Waals surface area contributed by atoms with Gasteiger partial charge in [-0.2, -0.15) is 0 Å². The summed E-state index contributed by atoms with van der Waals surface area (Å²) in [4.78, 5) is 11.6. The average molecular weight is 269 g/mol. The van der Waals surface area contributed by atoms with Crippen LogP contribution in [0.4, 0.5) is 0 Å². The van der Waals surface area contributed by atoms with Crippen LogP contribution in [0, 0.1) is 5.92 Å². The van der Waals surface area contributed by atoms with E-state index in [2.05, 4.69) is 5.32 Å². The molecular weight excluding hydrogens is 248 g/mol. The molecule has 0 bridgehead atoms. The molecule has 0 aliphatic carbocycles. The number of benzene rings is 1. The zero-order valence-electron chi connectivity index (χ0n) is 10.9. The van der Waals surface area contributed by atoms with Crippen molar-refractivity contribution in [2.75, 3.05) is 6.54 Å². The van der Waals surface area contributed by atoms with Crippen molar-refractivity contribution in [3.05, 3.63) is 34.9 Å². The van der Waals surface area contributed by atoms with Crippen LogP contribution in [0.5, 0.6) is 0 Å². The Morgan fingerprint density at radius 2 is 1.94 bits per heavy atom. The Morgan fingerprint density at radius 3 is 2.50 bits per heavy atom. The summed E-state index contributed by atoms with van der Waals surface area (Å²) < 4.78 is 0. The van der Waals surface area contributed by atoms with Crippen molar-refractivity contribution in [3.63, 3.8) is 0 Å². The van der Waals surface area contributed by atoms with Gasteiger partial charge in [-0.05, 0) is 30.0 Å². The first-order chi connectivity index (χ1) is 8.49. The zero-order valence-corrected chi connectivity index (χ0v) is 11.7. The van der Waals surface area contributed by atoms with Crippen molar-refractivity contribution in [1.82, 2.24) is 5.32 Å². The molecule has 3 nitrogen and oxygen atoms in total. The first kappa shape index (κ1) is 15.0. The van der Waals surface area contributed by atoms with Gasteiger partial charge < -0.3 is 11.1 Å². The Hall–Kier alpha value is -1.06. The molecule has 1 unspecified atom stereocenters. The fraction of sp³-hybridized carbons (Fsp3) is 0.500. The third-order valence-electron chi connectivity index (χ3n) is 2.93. The normalized spacial score (nSPS) is 12.5. The highest BCUT2D eigenvalue weighted by Gasteiger charge is 2.12. The minimum absolute atomic E-state index is 0.0187. The first-order valence-electron chi connectivity index (χ1n) is 6.25. The maximum Gasteiger partial charge on any atom is 0.221 e. The number of amides is 1. The highest BCUT2D eigenvalue weighted by molar-refractivity contribution is 6.30. The highest BCUT2D eigenvalue weighted by Crippen LogP contribution is 2.09. The SMILES string of the molecule is CC(C)C(N)CC(=O)NCCc1ccc(Cl)cc1. The Labute approximate surface area is 114 Å². The maximum absolute atomic E-state index is 11.6. The second kappa shape index (κ2) is 7.39. The van der Waals surface area contributed by atoms with Crippen molar-refractivity contribution in [2.24, 2.45) is 11.7 Å². The summed E-state index contributed by atoms with van der Waals surface area (Å²) in [5.74, 6) is 0.345. The van der Waals surface area contributed by atoms with Crippen LogP contribution < -0.4 is 11.1 Å². The third-order valence-corrected chi connectivity index (χ3v) is 3.18. The molecule has 1 aromatic carbocycles. The predicted molar refractivity (Wildman–Crippen MR) is 75.6 cm³/mol. The largest absolute Gasteiger partial charge is 0.356 e. The number of carbonyl (C=O) groups is 1. The fourth-order valence-electron chi connectivity index (χ4n) is 1.52. The van der Waals surface area contributed by atoms with Crippen LogP contribution in [0.25, 0.3) is 0 Å². The van der Waals surface area contributed by atoms with Gasteiger partial charge in [-0.3, -0.25) is 4.79 Å². The van der Waals surface area contributed by atoms with Crippen LogP contribution in [-0.2, 0) is 11.2 Å². The van der Waals surface area contributed by atoms with E-state index in [1.807, 2.05) is 38.1 Å². The first-order valence-corrected chi connectivity index (χ1v) is 6.63. The van der Waals surface area contributed by atoms with Crippen LogP contribution in [0.1, 0.15) is 25.8 Å². The minimum Gasteiger partial charge on any atom is -0.356 e. The monoisotopic (exact) mass is 268 g/mol. The van der Waals surface area contributed by atoms with E-state index in [4.69, 9.17) is 17.3 Å². The van der Waals surface area contributed by atoms with Gasteiger partial charge in [0.1, 0.15) is 0 Å². The van der Waals surface area contributed by atoms with E-state index in [1.165, 1.54) is 0 Å². The summed E-state index contributed by atoms with van der Waals surface area (Å²) >= 11 is 5.80. The summed E-state index contributed by atoms with van der Waals surface area (Å²) in [5, 5.41) is 3.61. The Bertz CT molecular complexity index is 376. The van der Waals surface area contributed by atoms with Gasteiger partial charge in [0, 0.05) is 24.0 Å². The lowest BCUT2D eigenvalue weighted by Gasteiger charge is -2.14. The molecule has 18 heavy (non-hydrogen) atoms.